The topological polar surface area (TPSA) is 62.5 Å². The van der Waals surface area contributed by atoms with E-state index in [0.29, 0.717) is 25.0 Å². The Morgan fingerprint density at radius 2 is 1.77 bits per heavy atom. The van der Waals surface area contributed by atoms with E-state index in [-0.39, 0.29) is 0 Å². The molecule has 1 aliphatic rings. The summed E-state index contributed by atoms with van der Waals surface area (Å²) in [5.74, 6) is 0. The van der Waals surface area contributed by atoms with E-state index in [2.05, 4.69) is 59.3 Å². The molecule has 1 fully saturated rings. The van der Waals surface area contributed by atoms with Crippen molar-refractivity contribution in [3.05, 3.63) is 65.7 Å². The fourth-order valence-electron chi connectivity index (χ4n) is 4.51. The smallest absolute Gasteiger partial charge is 0.184 e. The summed E-state index contributed by atoms with van der Waals surface area (Å²) in [7, 11) is 0. The lowest BCUT2D eigenvalue weighted by Gasteiger charge is -2.42. The Bertz CT molecular complexity index is 810. The first kappa shape index (κ1) is 23.3. The molecule has 3 rings (SSSR count). The predicted octanol–water partition coefficient (Wildman–Crippen LogP) is 4.60. The van der Waals surface area contributed by atoms with Gasteiger partial charge in [0.1, 0.15) is 0 Å². The fraction of sp³-hybridized carbons (Fsp3) is 0.500. The van der Waals surface area contributed by atoms with E-state index in [1.54, 1.807) is 0 Å². The maximum atomic E-state index is 11.2. The van der Waals surface area contributed by atoms with Gasteiger partial charge in [0.15, 0.2) is 6.35 Å². The number of hydrogen-bond donors (Lipinski definition) is 2. The van der Waals surface area contributed by atoms with Crippen molar-refractivity contribution < 1.29 is 5.11 Å². The quantitative estimate of drug-likeness (QED) is 0.550. The maximum Gasteiger partial charge on any atom is 0.184 e. The fourth-order valence-corrected chi connectivity index (χ4v) is 4.51. The van der Waals surface area contributed by atoms with E-state index in [1.807, 2.05) is 30.3 Å². The van der Waals surface area contributed by atoms with E-state index in [0.717, 1.165) is 37.2 Å². The molecule has 2 N–H and O–H groups in total. The summed E-state index contributed by atoms with van der Waals surface area (Å²) in [5.41, 5.74) is 3.05. The Labute approximate surface area is 187 Å². The monoisotopic (exact) mass is 420 g/mol. The minimum absolute atomic E-state index is 0.325. The van der Waals surface area contributed by atoms with Gasteiger partial charge >= 0.3 is 0 Å². The van der Waals surface area contributed by atoms with Crippen LogP contribution in [0.2, 0.25) is 0 Å². The van der Waals surface area contributed by atoms with Crippen LogP contribution in [0, 0.1) is 11.3 Å². The third-order valence-electron chi connectivity index (χ3n) is 6.35. The number of nitrogens with one attached hydrogen (secondary N) is 1. The lowest BCUT2D eigenvalue weighted by Crippen LogP contribution is -2.52. The van der Waals surface area contributed by atoms with Crippen molar-refractivity contribution >= 4 is 5.69 Å². The average Bonchev–Trinajstić information content (AvgIpc) is 2.80. The number of likely N-dealkylation sites (tertiary alicyclic amines) is 1. The number of anilines is 1. The molecule has 1 saturated heterocycles. The van der Waals surface area contributed by atoms with Gasteiger partial charge in [-0.15, -0.1) is 0 Å². The molecule has 0 aromatic heterocycles. The van der Waals surface area contributed by atoms with Crippen LogP contribution in [0.1, 0.15) is 50.7 Å². The first-order valence-corrected chi connectivity index (χ1v) is 11.5. The highest BCUT2D eigenvalue weighted by Crippen LogP contribution is 2.24. The molecule has 2 aromatic carbocycles. The summed E-state index contributed by atoms with van der Waals surface area (Å²) in [6, 6.07) is 21.2. The Kier molecular flexibility index (Phi) is 8.90. The van der Waals surface area contributed by atoms with Crippen molar-refractivity contribution in [3.8, 4) is 6.07 Å². The van der Waals surface area contributed by atoms with Crippen molar-refractivity contribution in [2.45, 2.75) is 70.9 Å². The molecule has 1 heterocycles. The first-order valence-electron chi connectivity index (χ1n) is 11.5. The van der Waals surface area contributed by atoms with E-state index in [1.165, 1.54) is 18.4 Å². The highest BCUT2D eigenvalue weighted by Gasteiger charge is 2.30. The number of nitrogens with zero attached hydrogens (tertiary/aromatic N) is 3. The van der Waals surface area contributed by atoms with Crippen LogP contribution in [0.5, 0.6) is 0 Å². The Balaban J connectivity index is 1.68. The number of piperidine rings is 1. The van der Waals surface area contributed by atoms with Crippen molar-refractivity contribution in [3.63, 3.8) is 0 Å². The maximum absolute atomic E-state index is 11.2. The molecule has 0 spiro atoms. The van der Waals surface area contributed by atoms with Gasteiger partial charge < -0.3 is 15.3 Å². The molecule has 0 amide bonds. The minimum Gasteiger partial charge on any atom is -0.361 e. The number of aliphatic hydroxyl groups is 1. The molecule has 1 aliphatic heterocycles. The molecule has 2 aromatic rings. The van der Waals surface area contributed by atoms with Gasteiger partial charge in [-0.25, -0.2) is 0 Å². The van der Waals surface area contributed by atoms with Crippen molar-refractivity contribution in [1.29, 1.82) is 5.26 Å². The van der Waals surface area contributed by atoms with E-state index in [9.17, 15) is 5.11 Å². The zero-order valence-electron chi connectivity index (χ0n) is 18.9. The van der Waals surface area contributed by atoms with Crippen LogP contribution in [-0.2, 0) is 13.0 Å². The zero-order chi connectivity index (χ0) is 22.1. The summed E-state index contributed by atoms with van der Waals surface area (Å²) in [6.45, 7) is 7.44. The van der Waals surface area contributed by atoms with Crippen LogP contribution in [-0.4, -0.2) is 46.4 Å². The van der Waals surface area contributed by atoms with Crippen LogP contribution in [0.4, 0.5) is 5.69 Å². The molecule has 2 atom stereocenters. The second-order valence-electron chi connectivity index (χ2n) is 8.61. The van der Waals surface area contributed by atoms with Crippen molar-refractivity contribution in [2.24, 2.45) is 0 Å². The molecule has 166 valence electrons. The number of nitriles is 1. The van der Waals surface area contributed by atoms with Gasteiger partial charge in [-0.1, -0.05) is 55.8 Å². The summed E-state index contributed by atoms with van der Waals surface area (Å²) in [5, 5.41) is 23.3. The predicted molar refractivity (Wildman–Crippen MR) is 126 cm³/mol. The van der Waals surface area contributed by atoms with E-state index in [4.69, 9.17) is 5.26 Å². The van der Waals surface area contributed by atoms with Crippen molar-refractivity contribution in [2.75, 3.05) is 18.4 Å². The van der Waals surface area contributed by atoms with Gasteiger partial charge in [0, 0.05) is 24.3 Å². The molecule has 5 heteroatoms. The Morgan fingerprint density at radius 1 is 1.10 bits per heavy atom. The lowest BCUT2D eigenvalue weighted by atomic mass is 10.00. The number of aliphatic hydroxyl groups excluding tert-OH is 1. The first-order chi connectivity index (χ1) is 15.1. The van der Waals surface area contributed by atoms with Crippen molar-refractivity contribution in [1.82, 2.24) is 9.80 Å². The van der Waals surface area contributed by atoms with Gasteiger partial charge in [-0.2, -0.15) is 5.26 Å². The molecule has 0 bridgehead atoms. The molecule has 31 heavy (non-hydrogen) atoms. The van der Waals surface area contributed by atoms with Gasteiger partial charge in [0.05, 0.1) is 12.5 Å². The Morgan fingerprint density at radius 3 is 2.39 bits per heavy atom. The van der Waals surface area contributed by atoms with Crippen LogP contribution in [0.3, 0.4) is 0 Å². The normalized spacial score (nSPS) is 17.3. The molecule has 5 nitrogen and oxygen atoms in total. The van der Waals surface area contributed by atoms with Gasteiger partial charge in [0.2, 0.25) is 0 Å². The molecule has 0 aliphatic carbocycles. The standard InChI is InChI=1S/C26H36N4O/c1-3-7-21(2)29-18-15-25(16-19-29)30(20-23-8-5-4-6-9-23)26(31)28-24-12-10-22(11-13-24)14-17-27/h4-6,8-13,21,25-26,28,31H,3,7,14-16,18-20H2,1-2H3. The third-order valence-corrected chi connectivity index (χ3v) is 6.35. The molecule has 2 unspecified atom stereocenters. The van der Waals surface area contributed by atoms with E-state index < -0.39 is 6.35 Å². The highest BCUT2D eigenvalue weighted by atomic mass is 16.3. The van der Waals surface area contributed by atoms with Gasteiger partial charge in [0.25, 0.3) is 0 Å². The summed E-state index contributed by atoms with van der Waals surface area (Å²) < 4.78 is 0. The van der Waals surface area contributed by atoms with E-state index >= 15 is 0 Å². The summed E-state index contributed by atoms with van der Waals surface area (Å²) >= 11 is 0. The largest absolute Gasteiger partial charge is 0.361 e. The van der Waals surface area contributed by atoms with Gasteiger partial charge in [-0.3, -0.25) is 4.90 Å². The second kappa shape index (κ2) is 11.9. The molecular formula is C26H36N4O. The molecule has 0 saturated carbocycles. The summed E-state index contributed by atoms with van der Waals surface area (Å²) in [4.78, 5) is 4.79. The minimum atomic E-state index is -0.772. The van der Waals surface area contributed by atoms with Crippen LogP contribution in [0.15, 0.2) is 54.6 Å². The Hall–Kier alpha value is -2.39. The van der Waals surface area contributed by atoms with Crippen LogP contribution in [0.25, 0.3) is 0 Å². The number of benzene rings is 2. The number of hydrogen-bond acceptors (Lipinski definition) is 5. The molecular weight excluding hydrogens is 384 g/mol. The van der Waals surface area contributed by atoms with Crippen LogP contribution < -0.4 is 5.32 Å². The lowest BCUT2D eigenvalue weighted by molar-refractivity contribution is -0.0332. The SMILES string of the molecule is CCCC(C)N1CCC(N(Cc2ccccc2)C(O)Nc2ccc(CC#N)cc2)CC1. The molecule has 0 radical (unpaired) electrons. The third kappa shape index (κ3) is 6.80. The second-order valence-corrected chi connectivity index (χ2v) is 8.61. The van der Waals surface area contributed by atoms with Gasteiger partial charge in [-0.05, 0) is 62.5 Å². The zero-order valence-corrected chi connectivity index (χ0v) is 18.9. The summed E-state index contributed by atoms with van der Waals surface area (Å²) in [6.07, 6.45) is 4.20. The highest BCUT2D eigenvalue weighted by molar-refractivity contribution is 5.45. The number of rotatable bonds is 10. The van der Waals surface area contributed by atoms with Crippen LogP contribution >= 0.6 is 0 Å². The average molecular weight is 421 g/mol.